The van der Waals surface area contributed by atoms with Gasteiger partial charge in [-0.1, -0.05) is 38.3 Å². The Morgan fingerprint density at radius 1 is 1.48 bits per heavy atom. The first-order valence-electron chi connectivity index (χ1n) is 8.48. The van der Waals surface area contributed by atoms with Crippen molar-refractivity contribution < 1.29 is 9.53 Å². The van der Waals surface area contributed by atoms with E-state index in [2.05, 4.69) is 38.7 Å². The van der Waals surface area contributed by atoms with Crippen LogP contribution in [-0.2, 0) is 9.53 Å². The molecule has 2 atom stereocenters. The van der Waals surface area contributed by atoms with Gasteiger partial charge in [0.1, 0.15) is 6.04 Å². The molecule has 0 aliphatic carbocycles. The molecule has 0 saturated carbocycles. The Balaban J connectivity index is 2.52. The topological polar surface area (TPSA) is 29.5 Å². The molecule has 3 nitrogen and oxygen atoms in total. The van der Waals surface area contributed by atoms with E-state index in [1.807, 2.05) is 12.1 Å². The second-order valence-electron chi connectivity index (χ2n) is 7.17. The zero-order valence-electron chi connectivity index (χ0n) is 14.9. The van der Waals surface area contributed by atoms with Crippen LogP contribution in [0.1, 0.15) is 64.9 Å². The standard InChI is InChI=1S/C19H28ClNO2/c1-6-7-8-17(18(22)23-5)21-16-10-9-14(20)11-15(16)13(2)12-19(21,3)4/h9-11,13,17H,6-8,12H2,1-5H3/t13-,17-/m0/s1. The van der Waals surface area contributed by atoms with Crippen molar-refractivity contribution in [2.45, 2.75) is 70.9 Å². The van der Waals surface area contributed by atoms with Crippen LogP contribution >= 0.6 is 11.6 Å². The van der Waals surface area contributed by atoms with Crippen molar-refractivity contribution in [1.29, 1.82) is 0 Å². The quantitative estimate of drug-likeness (QED) is 0.695. The van der Waals surface area contributed by atoms with E-state index < -0.39 is 0 Å². The predicted molar refractivity (Wildman–Crippen MR) is 96.4 cm³/mol. The predicted octanol–water partition coefficient (Wildman–Crippen LogP) is 5.16. The lowest BCUT2D eigenvalue weighted by molar-refractivity contribution is -0.142. The summed E-state index contributed by atoms with van der Waals surface area (Å²) in [5, 5.41) is 0.749. The van der Waals surface area contributed by atoms with Gasteiger partial charge in [-0.3, -0.25) is 0 Å². The highest BCUT2D eigenvalue weighted by Crippen LogP contribution is 2.45. The molecule has 0 saturated heterocycles. The van der Waals surface area contributed by atoms with E-state index in [1.165, 1.54) is 12.7 Å². The van der Waals surface area contributed by atoms with E-state index in [9.17, 15) is 4.79 Å². The van der Waals surface area contributed by atoms with Gasteiger partial charge in [-0.05, 0) is 56.4 Å². The molecule has 0 bridgehead atoms. The Kier molecular flexibility index (Phi) is 5.61. The number of carbonyl (C=O) groups excluding carboxylic acids is 1. The molecule has 1 heterocycles. The Bertz CT molecular complexity index is 570. The third-order valence-electron chi connectivity index (χ3n) is 4.85. The van der Waals surface area contributed by atoms with Crippen LogP contribution in [0.5, 0.6) is 0 Å². The molecule has 2 rings (SSSR count). The highest BCUT2D eigenvalue weighted by molar-refractivity contribution is 6.30. The minimum atomic E-state index is -0.248. The summed E-state index contributed by atoms with van der Waals surface area (Å²) in [5.74, 6) is 0.265. The highest BCUT2D eigenvalue weighted by atomic mass is 35.5. The fraction of sp³-hybridized carbons (Fsp3) is 0.632. The number of rotatable bonds is 5. The van der Waals surface area contributed by atoms with Crippen LogP contribution in [0.15, 0.2) is 18.2 Å². The number of unbranched alkanes of at least 4 members (excludes halogenated alkanes) is 1. The number of esters is 1. The van der Waals surface area contributed by atoms with Gasteiger partial charge in [-0.15, -0.1) is 0 Å². The van der Waals surface area contributed by atoms with Crippen LogP contribution in [0.3, 0.4) is 0 Å². The molecule has 4 heteroatoms. The van der Waals surface area contributed by atoms with E-state index in [-0.39, 0.29) is 17.6 Å². The zero-order valence-corrected chi connectivity index (χ0v) is 15.6. The summed E-state index contributed by atoms with van der Waals surface area (Å²) in [6.07, 6.45) is 3.86. The van der Waals surface area contributed by atoms with Crippen molar-refractivity contribution in [3.63, 3.8) is 0 Å². The summed E-state index contributed by atoms with van der Waals surface area (Å²) in [6.45, 7) is 8.80. The largest absolute Gasteiger partial charge is 0.467 e. The summed E-state index contributed by atoms with van der Waals surface area (Å²) < 4.78 is 5.11. The second-order valence-corrected chi connectivity index (χ2v) is 7.61. The van der Waals surface area contributed by atoms with Crippen LogP contribution in [0, 0.1) is 0 Å². The monoisotopic (exact) mass is 337 g/mol. The Morgan fingerprint density at radius 2 is 2.17 bits per heavy atom. The van der Waals surface area contributed by atoms with Crippen molar-refractivity contribution in [3.8, 4) is 0 Å². The van der Waals surface area contributed by atoms with Gasteiger partial charge in [0.25, 0.3) is 0 Å². The molecule has 0 aromatic heterocycles. The van der Waals surface area contributed by atoms with Gasteiger partial charge < -0.3 is 9.64 Å². The minimum Gasteiger partial charge on any atom is -0.467 e. The molecule has 23 heavy (non-hydrogen) atoms. The summed E-state index contributed by atoms with van der Waals surface area (Å²) in [5.41, 5.74) is 2.24. The Hall–Kier alpha value is -1.22. The van der Waals surface area contributed by atoms with E-state index in [0.29, 0.717) is 5.92 Å². The zero-order chi connectivity index (χ0) is 17.2. The molecule has 0 unspecified atom stereocenters. The first-order valence-corrected chi connectivity index (χ1v) is 8.86. The molecule has 1 aliphatic heterocycles. The van der Waals surface area contributed by atoms with Gasteiger partial charge in [-0.2, -0.15) is 0 Å². The SMILES string of the molecule is CCCC[C@@H](C(=O)OC)N1c2ccc(Cl)cc2[C@@H](C)CC1(C)C. The molecule has 1 aromatic carbocycles. The highest BCUT2D eigenvalue weighted by Gasteiger charge is 2.42. The number of ether oxygens (including phenoxy) is 1. The lowest BCUT2D eigenvalue weighted by Gasteiger charge is -2.50. The number of hydrogen-bond acceptors (Lipinski definition) is 3. The average molecular weight is 338 g/mol. The maximum absolute atomic E-state index is 12.5. The number of fused-ring (bicyclic) bond motifs is 1. The Labute approximate surface area is 145 Å². The molecule has 0 N–H and O–H groups in total. The fourth-order valence-electron chi connectivity index (χ4n) is 3.90. The smallest absolute Gasteiger partial charge is 0.328 e. The second kappa shape index (κ2) is 7.12. The number of anilines is 1. The van der Waals surface area contributed by atoms with Crippen LogP contribution in [0.4, 0.5) is 5.69 Å². The van der Waals surface area contributed by atoms with Crippen LogP contribution in [0.2, 0.25) is 5.02 Å². The van der Waals surface area contributed by atoms with Gasteiger partial charge in [0.2, 0.25) is 0 Å². The maximum atomic E-state index is 12.5. The van der Waals surface area contributed by atoms with Gasteiger partial charge in [-0.25, -0.2) is 4.79 Å². The third-order valence-corrected chi connectivity index (χ3v) is 5.09. The molecule has 128 valence electrons. The number of nitrogens with zero attached hydrogens (tertiary/aromatic N) is 1. The fourth-order valence-corrected chi connectivity index (χ4v) is 4.08. The molecular weight excluding hydrogens is 310 g/mol. The van der Waals surface area contributed by atoms with Gasteiger partial charge in [0, 0.05) is 16.2 Å². The maximum Gasteiger partial charge on any atom is 0.328 e. The van der Waals surface area contributed by atoms with Crippen LogP contribution in [-0.4, -0.2) is 24.7 Å². The summed E-state index contributed by atoms with van der Waals surface area (Å²) in [6, 6.07) is 5.76. The van der Waals surface area contributed by atoms with Crippen molar-refractivity contribution in [2.24, 2.45) is 0 Å². The molecular formula is C19H28ClNO2. The summed E-state index contributed by atoms with van der Waals surface area (Å²) >= 11 is 6.20. The first-order chi connectivity index (χ1) is 10.8. The molecule has 0 amide bonds. The molecule has 1 aliphatic rings. The number of halogens is 1. The van der Waals surface area contributed by atoms with Crippen molar-refractivity contribution in [1.82, 2.24) is 0 Å². The van der Waals surface area contributed by atoms with E-state index in [0.717, 1.165) is 36.4 Å². The number of benzene rings is 1. The summed E-state index contributed by atoms with van der Waals surface area (Å²) in [7, 11) is 1.48. The van der Waals surface area contributed by atoms with Gasteiger partial charge in [0.15, 0.2) is 0 Å². The normalized spacial score (nSPS) is 20.8. The van der Waals surface area contributed by atoms with Crippen LogP contribution in [0.25, 0.3) is 0 Å². The number of carbonyl (C=O) groups is 1. The lowest BCUT2D eigenvalue weighted by Crippen LogP contribution is -2.56. The average Bonchev–Trinajstić information content (AvgIpc) is 2.49. The molecule has 1 aromatic rings. The number of methoxy groups -OCH3 is 1. The molecule has 0 fully saturated rings. The molecule has 0 radical (unpaired) electrons. The van der Waals surface area contributed by atoms with Gasteiger partial charge in [0.05, 0.1) is 7.11 Å². The van der Waals surface area contributed by atoms with Crippen molar-refractivity contribution in [2.75, 3.05) is 12.0 Å². The third kappa shape index (κ3) is 3.65. The van der Waals surface area contributed by atoms with E-state index in [1.54, 1.807) is 0 Å². The number of hydrogen-bond donors (Lipinski definition) is 0. The summed E-state index contributed by atoms with van der Waals surface area (Å²) in [4.78, 5) is 14.7. The minimum absolute atomic E-state index is 0.104. The van der Waals surface area contributed by atoms with Crippen LogP contribution < -0.4 is 4.90 Å². The molecule has 0 spiro atoms. The Morgan fingerprint density at radius 3 is 2.78 bits per heavy atom. The van der Waals surface area contributed by atoms with Gasteiger partial charge >= 0.3 is 5.97 Å². The van der Waals surface area contributed by atoms with Crippen molar-refractivity contribution >= 4 is 23.3 Å². The lowest BCUT2D eigenvalue weighted by atomic mass is 9.78. The van der Waals surface area contributed by atoms with Crippen molar-refractivity contribution in [3.05, 3.63) is 28.8 Å². The van der Waals surface area contributed by atoms with E-state index >= 15 is 0 Å². The first kappa shape index (κ1) is 18.1. The van der Waals surface area contributed by atoms with E-state index in [4.69, 9.17) is 16.3 Å².